The fraction of sp³-hybridized carbons (Fsp3) is 0.300. The van der Waals surface area contributed by atoms with E-state index in [0.29, 0.717) is 17.2 Å². The number of fused-ring (bicyclic) bond motifs is 1. The summed E-state index contributed by atoms with van der Waals surface area (Å²) in [5.74, 6) is 0.201. The number of aryl methyl sites for hydroxylation is 2. The fourth-order valence-corrected chi connectivity index (χ4v) is 3.28. The van der Waals surface area contributed by atoms with Crippen LogP contribution in [0.1, 0.15) is 16.7 Å². The van der Waals surface area contributed by atoms with Crippen LogP contribution in [-0.2, 0) is 16.0 Å². The summed E-state index contributed by atoms with van der Waals surface area (Å²) < 4.78 is 5.70. The van der Waals surface area contributed by atoms with Crippen LogP contribution < -0.4 is 10.1 Å². The molecule has 0 bridgehead atoms. The molecular weight excluding hydrogens is 352 g/mol. The Morgan fingerprint density at radius 3 is 2.62 bits per heavy atom. The predicted octanol–water partition coefficient (Wildman–Crippen LogP) is 3.36. The Morgan fingerprint density at radius 2 is 1.92 bits per heavy atom. The molecule has 2 aromatic carbocycles. The molecule has 26 heavy (non-hydrogen) atoms. The maximum atomic E-state index is 12.6. The summed E-state index contributed by atoms with van der Waals surface area (Å²) >= 11 is 5.98. The molecule has 0 saturated heterocycles. The summed E-state index contributed by atoms with van der Waals surface area (Å²) in [6, 6.07) is 11.1. The number of carbonyl (C=O) groups excluding carboxylic acids is 2. The summed E-state index contributed by atoms with van der Waals surface area (Å²) in [6.45, 7) is 3.84. The van der Waals surface area contributed by atoms with Crippen LogP contribution in [0.15, 0.2) is 36.4 Å². The van der Waals surface area contributed by atoms with Crippen molar-refractivity contribution in [1.82, 2.24) is 4.90 Å². The summed E-state index contributed by atoms with van der Waals surface area (Å²) in [7, 11) is 1.60. The molecule has 1 N–H and O–H groups in total. The van der Waals surface area contributed by atoms with Gasteiger partial charge in [0, 0.05) is 24.2 Å². The van der Waals surface area contributed by atoms with E-state index in [1.165, 1.54) is 4.90 Å². The number of para-hydroxylation sites is 1. The van der Waals surface area contributed by atoms with Gasteiger partial charge in [0.05, 0.1) is 6.54 Å². The van der Waals surface area contributed by atoms with Crippen molar-refractivity contribution >= 4 is 29.1 Å². The molecule has 0 fully saturated rings. The van der Waals surface area contributed by atoms with Gasteiger partial charge >= 0.3 is 0 Å². The summed E-state index contributed by atoms with van der Waals surface area (Å²) in [5.41, 5.74) is 3.67. The second kappa shape index (κ2) is 7.38. The number of nitrogens with zero attached hydrogens (tertiary/aromatic N) is 1. The lowest BCUT2D eigenvalue weighted by molar-refractivity contribution is -0.139. The Morgan fingerprint density at radius 1 is 1.23 bits per heavy atom. The summed E-state index contributed by atoms with van der Waals surface area (Å²) in [4.78, 5) is 26.3. The standard InChI is InChI=1S/C20H21ClN2O3/c1-12-5-4-6-13(2)19(12)22-18(24)11-23(3)20(25)17-10-14-9-15(21)7-8-16(14)26-17/h4-9,17H,10-11H2,1-3H3,(H,22,24). The van der Waals surface area contributed by atoms with Crippen LogP contribution in [0, 0.1) is 13.8 Å². The molecule has 0 spiro atoms. The van der Waals surface area contributed by atoms with Gasteiger partial charge in [0.2, 0.25) is 5.91 Å². The van der Waals surface area contributed by atoms with Crippen LogP contribution in [0.5, 0.6) is 5.75 Å². The first-order valence-electron chi connectivity index (χ1n) is 8.41. The minimum absolute atomic E-state index is 0.0381. The molecule has 0 radical (unpaired) electrons. The Bertz CT molecular complexity index is 846. The number of carbonyl (C=O) groups is 2. The van der Waals surface area contributed by atoms with E-state index in [9.17, 15) is 9.59 Å². The van der Waals surface area contributed by atoms with Crippen LogP contribution in [0.3, 0.4) is 0 Å². The van der Waals surface area contributed by atoms with Gasteiger partial charge in [0.1, 0.15) is 5.75 Å². The maximum Gasteiger partial charge on any atom is 0.264 e. The largest absolute Gasteiger partial charge is 0.480 e. The molecule has 0 aromatic heterocycles. The average Bonchev–Trinajstić information content (AvgIpc) is 3.00. The van der Waals surface area contributed by atoms with Crippen molar-refractivity contribution in [3.63, 3.8) is 0 Å². The highest BCUT2D eigenvalue weighted by atomic mass is 35.5. The Kier molecular flexibility index (Phi) is 5.18. The van der Waals surface area contributed by atoms with Crippen molar-refractivity contribution in [2.45, 2.75) is 26.4 Å². The fourth-order valence-electron chi connectivity index (χ4n) is 3.08. The minimum atomic E-state index is -0.624. The van der Waals surface area contributed by atoms with Gasteiger partial charge in [-0.3, -0.25) is 9.59 Å². The molecule has 3 rings (SSSR count). The van der Waals surface area contributed by atoms with Crippen molar-refractivity contribution in [3.05, 3.63) is 58.1 Å². The molecule has 0 aliphatic carbocycles. The van der Waals surface area contributed by atoms with Crippen molar-refractivity contribution in [2.24, 2.45) is 0 Å². The van der Waals surface area contributed by atoms with Crippen molar-refractivity contribution in [1.29, 1.82) is 0 Å². The van der Waals surface area contributed by atoms with Gasteiger partial charge in [-0.15, -0.1) is 0 Å². The lowest BCUT2D eigenvalue weighted by atomic mass is 10.1. The van der Waals surface area contributed by atoms with Crippen LogP contribution >= 0.6 is 11.6 Å². The highest BCUT2D eigenvalue weighted by molar-refractivity contribution is 6.30. The molecule has 1 heterocycles. The zero-order valence-electron chi connectivity index (χ0n) is 15.0. The highest BCUT2D eigenvalue weighted by Gasteiger charge is 2.32. The van der Waals surface area contributed by atoms with E-state index in [2.05, 4.69) is 5.32 Å². The third kappa shape index (κ3) is 3.83. The molecule has 1 unspecified atom stereocenters. The number of amides is 2. The third-order valence-corrected chi connectivity index (χ3v) is 4.71. The first kappa shape index (κ1) is 18.3. The predicted molar refractivity (Wildman–Crippen MR) is 102 cm³/mol. The first-order valence-corrected chi connectivity index (χ1v) is 8.79. The van der Waals surface area contributed by atoms with Gasteiger partial charge in [0.15, 0.2) is 6.10 Å². The number of halogens is 1. The molecule has 5 nitrogen and oxygen atoms in total. The SMILES string of the molecule is Cc1cccc(C)c1NC(=O)CN(C)C(=O)C1Cc2cc(Cl)ccc2O1. The number of nitrogens with one attached hydrogen (secondary N) is 1. The monoisotopic (exact) mass is 372 g/mol. The van der Waals surface area contributed by atoms with E-state index < -0.39 is 6.10 Å². The minimum Gasteiger partial charge on any atom is -0.480 e. The van der Waals surface area contributed by atoms with Crippen LogP contribution in [0.25, 0.3) is 0 Å². The maximum absolute atomic E-state index is 12.6. The van der Waals surface area contributed by atoms with Crippen molar-refractivity contribution < 1.29 is 14.3 Å². The smallest absolute Gasteiger partial charge is 0.264 e. The van der Waals surface area contributed by atoms with E-state index in [4.69, 9.17) is 16.3 Å². The first-order chi connectivity index (χ1) is 12.3. The number of likely N-dealkylation sites (N-methyl/N-ethyl adjacent to an activating group) is 1. The van der Waals surface area contributed by atoms with E-state index >= 15 is 0 Å². The quantitative estimate of drug-likeness (QED) is 0.895. The van der Waals surface area contributed by atoms with Gasteiger partial charge in [-0.1, -0.05) is 29.8 Å². The van der Waals surface area contributed by atoms with Crippen molar-refractivity contribution in [3.8, 4) is 5.75 Å². The van der Waals surface area contributed by atoms with Gasteiger partial charge in [0.25, 0.3) is 5.91 Å². The molecule has 136 valence electrons. The van der Waals surface area contributed by atoms with E-state index in [1.54, 1.807) is 25.2 Å². The number of hydrogen-bond donors (Lipinski definition) is 1. The second-order valence-electron chi connectivity index (χ2n) is 6.57. The molecule has 1 aliphatic rings. The molecule has 0 saturated carbocycles. The Balaban J connectivity index is 1.60. The van der Waals surface area contributed by atoms with Gasteiger partial charge in [-0.05, 0) is 48.7 Å². The van der Waals surface area contributed by atoms with E-state index in [1.807, 2.05) is 32.0 Å². The number of hydrogen-bond acceptors (Lipinski definition) is 3. The number of rotatable bonds is 4. The Hall–Kier alpha value is -2.53. The lowest BCUT2D eigenvalue weighted by Crippen LogP contribution is -2.42. The molecular formula is C20H21ClN2O3. The number of benzene rings is 2. The number of anilines is 1. The van der Waals surface area contributed by atoms with Crippen LogP contribution in [-0.4, -0.2) is 36.4 Å². The van der Waals surface area contributed by atoms with Gasteiger partial charge < -0.3 is 15.0 Å². The topological polar surface area (TPSA) is 58.6 Å². The second-order valence-corrected chi connectivity index (χ2v) is 7.01. The van der Waals surface area contributed by atoms with Gasteiger partial charge in [-0.2, -0.15) is 0 Å². The Labute approximate surface area is 157 Å². The van der Waals surface area contributed by atoms with Crippen LogP contribution in [0.2, 0.25) is 5.02 Å². The summed E-state index contributed by atoms with van der Waals surface area (Å²) in [6.07, 6.45) is -0.168. The molecule has 1 atom stereocenters. The van der Waals surface area contributed by atoms with Crippen molar-refractivity contribution in [2.75, 3.05) is 18.9 Å². The molecule has 6 heteroatoms. The molecule has 2 aromatic rings. The van der Waals surface area contributed by atoms with Gasteiger partial charge in [-0.25, -0.2) is 0 Å². The summed E-state index contributed by atoms with van der Waals surface area (Å²) in [5, 5.41) is 3.50. The highest BCUT2D eigenvalue weighted by Crippen LogP contribution is 2.31. The zero-order valence-corrected chi connectivity index (χ0v) is 15.8. The number of ether oxygens (including phenoxy) is 1. The normalized spacial score (nSPS) is 15.2. The third-order valence-electron chi connectivity index (χ3n) is 4.48. The van der Waals surface area contributed by atoms with E-state index in [0.717, 1.165) is 22.4 Å². The zero-order chi connectivity index (χ0) is 18.8. The molecule has 2 amide bonds. The van der Waals surface area contributed by atoms with E-state index in [-0.39, 0.29) is 18.4 Å². The molecule has 1 aliphatic heterocycles. The average molecular weight is 373 g/mol. The van der Waals surface area contributed by atoms with Crippen LogP contribution in [0.4, 0.5) is 5.69 Å². The lowest BCUT2D eigenvalue weighted by Gasteiger charge is -2.21.